The molecule has 1 atom stereocenters. The summed E-state index contributed by atoms with van der Waals surface area (Å²) in [6, 6.07) is 11.7. The van der Waals surface area contributed by atoms with E-state index in [0.717, 1.165) is 36.6 Å². The molecule has 0 saturated carbocycles. The molecule has 1 aromatic heterocycles. The lowest BCUT2D eigenvalue weighted by molar-refractivity contribution is -0.0201. The van der Waals surface area contributed by atoms with Crippen LogP contribution in [0.3, 0.4) is 0 Å². The first-order valence-electron chi connectivity index (χ1n) is 10.7. The Morgan fingerprint density at radius 3 is 2.59 bits per heavy atom. The van der Waals surface area contributed by atoms with Crippen molar-refractivity contribution in [2.45, 2.75) is 25.5 Å². The molecule has 0 bridgehead atoms. The van der Waals surface area contributed by atoms with Gasteiger partial charge in [0.2, 0.25) is 0 Å². The van der Waals surface area contributed by atoms with Crippen molar-refractivity contribution in [2.24, 2.45) is 4.99 Å². The number of β-amino-alcohol motifs (C(OH)–C–C–N with tert-alkyl or cyclic N) is 1. The van der Waals surface area contributed by atoms with Gasteiger partial charge >= 0.3 is 0 Å². The molecule has 9 heteroatoms. The quantitative estimate of drug-likeness (QED) is 0.234. The molecule has 0 amide bonds. The molecule has 2 aromatic rings. The predicted octanol–water partition coefficient (Wildman–Crippen LogP) is 2.27. The van der Waals surface area contributed by atoms with Crippen molar-refractivity contribution in [3.05, 3.63) is 54.0 Å². The van der Waals surface area contributed by atoms with Gasteiger partial charge in [-0.25, -0.2) is 4.99 Å². The van der Waals surface area contributed by atoms with Crippen molar-refractivity contribution in [3.8, 4) is 5.75 Å². The molecule has 1 saturated heterocycles. The van der Waals surface area contributed by atoms with E-state index in [1.54, 1.807) is 13.4 Å². The van der Waals surface area contributed by atoms with E-state index >= 15 is 0 Å². The van der Waals surface area contributed by atoms with E-state index in [0.29, 0.717) is 45.4 Å². The molecule has 3 N–H and O–H groups in total. The molecule has 3 rings (SSSR count). The smallest absolute Gasteiger partial charge is 0.191 e. The molecule has 0 aliphatic carbocycles. The molecule has 1 aliphatic heterocycles. The number of hydrogen-bond acceptors (Lipinski definition) is 6. The molecular weight excluding hydrogens is 523 g/mol. The number of aliphatic imine (C=N–C) groups is 1. The summed E-state index contributed by atoms with van der Waals surface area (Å²) in [5, 5.41) is 17.5. The van der Waals surface area contributed by atoms with Crippen molar-refractivity contribution in [3.63, 3.8) is 0 Å². The number of methoxy groups -OCH3 is 1. The second kappa shape index (κ2) is 13.7. The number of morpholine rings is 1. The second-order valence-electron chi connectivity index (χ2n) is 8.01. The Morgan fingerprint density at radius 2 is 1.94 bits per heavy atom. The number of hydrogen-bond donors (Lipinski definition) is 3. The lowest BCUT2D eigenvalue weighted by Gasteiger charge is -2.34. The number of ether oxygens (including phenoxy) is 2. The summed E-state index contributed by atoms with van der Waals surface area (Å²) < 4.78 is 16.0. The van der Waals surface area contributed by atoms with Gasteiger partial charge < -0.3 is 29.6 Å². The summed E-state index contributed by atoms with van der Waals surface area (Å²) in [7, 11) is 1.65. The summed E-state index contributed by atoms with van der Waals surface area (Å²) >= 11 is 0. The lowest BCUT2D eigenvalue weighted by atomic mass is 10.1. The number of halogens is 1. The van der Waals surface area contributed by atoms with Crippen LogP contribution in [0.25, 0.3) is 0 Å². The first-order valence-corrected chi connectivity index (χ1v) is 10.7. The van der Waals surface area contributed by atoms with Crippen molar-refractivity contribution < 1.29 is 19.0 Å². The largest absolute Gasteiger partial charge is 0.497 e. The number of nitrogens with one attached hydrogen (secondary N) is 2. The second-order valence-corrected chi connectivity index (χ2v) is 8.01. The van der Waals surface area contributed by atoms with E-state index in [2.05, 4.69) is 15.5 Å². The highest BCUT2D eigenvalue weighted by Gasteiger charge is 2.25. The van der Waals surface area contributed by atoms with E-state index < -0.39 is 5.60 Å². The maximum Gasteiger partial charge on any atom is 0.191 e. The maximum absolute atomic E-state index is 10.9. The third-order valence-corrected chi connectivity index (χ3v) is 5.13. The van der Waals surface area contributed by atoms with Crippen LogP contribution in [0.5, 0.6) is 5.75 Å². The predicted molar refractivity (Wildman–Crippen MR) is 136 cm³/mol. The van der Waals surface area contributed by atoms with E-state index in [1.807, 2.05) is 43.3 Å². The number of rotatable bonds is 10. The highest BCUT2D eigenvalue weighted by Crippen LogP contribution is 2.12. The summed E-state index contributed by atoms with van der Waals surface area (Å²) in [4.78, 5) is 6.92. The van der Waals surface area contributed by atoms with Crippen molar-refractivity contribution in [1.29, 1.82) is 0 Å². The molecule has 32 heavy (non-hydrogen) atoms. The molecule has 2 heterocycles. The van der Waals surface area contributed by atoms with Crippen LogP contribution in [-0.2, 0) is 17.7 Å². The van der Waals surface area contributed by atoms with Gasteiger partial charge in [-0.2, -0.15) is 0 Å². The monoisotopic (exact) mass is 558 g/mol. The molecule has 8 nitrogen and oxygen atoms in total. The van der Waals surface area contributed by atoms with Gasteiger partial charge in [0.25, 0.3) is 0 Å². The highest BCUT2D eigenvalue weighted by molar-refractivity contribution is 14.0. The van der Waals surface area contributed by atoms with Crippen LogP contribution in [0.4, 0.5) is 0 Å². The molecular formula is C23H35IN4O4. The van der Waals surface area contributed by atoms with Gasteiger partial charge in [-0.05, 0) is 36.8 Å². The van der Waals surface area contributed by atoms with E-state index in [1.165, 1.54) is 0 Å². The first kappa shape index (κ1) is 26.4. The Bertz CT molecular complexity index is 791. The minimum absolute atomic E-state index is 0. The summed E-state index contributed by atoms with van der Waals surface area (Å²) in [5.74, 6) is 2.40. The highest BCUT2D eigenvalue weighted by atomic mass is 127. The summed E-state index contributed by atoms with van der Waals surface area (Å²) in [6.07, 6.45) is 2.43. The average molecular weight is 558 g/mol. The lowest BCUT2D eigenvalue weighted by Crippen LogP contribution is -2.53. The van der Waals surface area contributed by atoms with Gasteiger partial charge in [0, 0.05) is 39.1 Å². The van der Waals surface area contributed by atoms with E-state index in [4.69, 9.17) is 18.9 Å². The maximum atomic E-state index is 10.9. The van der Waals surface area contributed by atoms with Gasteiger partial charge in [0.1, 0.15) is 11.5 Å². The minimum Gasteiger partial charge on any atom is -0.497 e. The number of guanidine groups is 1. The molecule has 1 aromatic carbocycles. The molecule has 1 aliphatic rings. The van der Waals surface area contributed by atoms with Crippen LogP contribution < -0.4 is 15.4 Å². The Hall–Kier alpha value is -1.82. The van der Waals surface area contributed by atoms with Crippen molar-refractivity contribution >= 4 is 29.9 Å². The SMILES string of the molecule is COc1ccc(CN=C(NCCc2ccco2)NCC(C)(O)CN2CCOCC2)cc1.I. The topological polar surface area (TPSA) is 91.5 Å². The third-order valence-electron chi connectivity index (χ3n) is 5.13. The standard InChI is InChI=1S/C23H34N4O4.HI/c1-23(28,18-27-11-14-30-15-12-27)17-26-22(24-10-9-21-4-3-13-31-21)25-16-19-5-7-20(29-2)8-6-19;/h3-8,13,28H,9-12,14-18H2,1-2H3,(H2,24,25,26);1H. The fourth-order valence-corrected chi connectivity index (χ4v) is 3.41. The zero-order valence-electron chi connectivity index (χ0n) is 18.9. The zero-order chi connectivity index (χ0) is 21.9. The van der Waals surface area contributed by atoms with Crippen LogP contribution in [0.15, 0.2) is 52.1 Å². The van der Waals surface area contributed by atoms with Crippen LogP contribution >= 0.6 is 24.0 Å². The number of aliphatic hydroxyl groups is 1. The van der Waals surface area contributed by atoms with E-state index in [9.17, 15) is 5.11 Å². The Kier molecular flexibility index (Phi) is 11.3. The molecule has 0 radical (unpaired) electrons. The van der Waals surface area contributed by atoms with Gasteiger partial charge in [-0.1, -0.05) is 12.1 Å². The summed E-state index contributed by atoms with van der Waals surface area (Å²) in [6.45, 7) is 7.13. The minimum atomic E-state index is -0.888. The third kappa shape index (κ3) is 9.35. The van der Waals surface area contributed by atoms with Gasteiger partial charge in [0.15, 0.2) is 5.96 Å². The molecule has 1 fully saturated rings. The van der Waals surface area contributed by atoms with Gasteiger partial charge in [-0.15, -0.1) is 24.0 Å². The van der Waals surface area contributed by atoms with Crippen LogP contribution in [-0.4, -0.2) is 74.6 Å². The van der Waals surface area contributed by atoms with Crippen LogP contribution in [0.1, 0.15) is 18.2 Å². The molecule has 178 valence electrons. The Balaban J connectivity index is 0.00000363. The number of furan rings is 1. The number of nitrogens with zero attached hydrogens (tertiary/aromatic N) is 2. The van der Waals surface area contributed by atoms with Gasteiger partial charge in [0.05, 0.1) is 38.7 Å². The summed E-state index contributed by atoms with van der Waals surface area (Å²) in [5.41, 5.74) is 0.189. The van der Waals surface area contributed by atoms with E-state index in [-0.39, 0.29) is 24.0 Å². The van der Waals surface area contributed by atoms with Gasteiger partial charge in [-0.3, -0.25) is 4.90 Å². The fraction of sp³-hybridized carbons (Fsp3) is 0.522. The van der Waals surface area contributed by atoms with Crippen LogP contribution in [0, 0.1) is 0 Å². The number of benzene rings is 1. The average Bonchev–Trinajstić information content (AvgIpc) is 3.29. The molecule has 1 unspecified atom stereocenters. The molecule has 0 spiro atoms. The Morgan fingerprint density at radius 1 is 1.19 bits per heavy atom. The first-order chi connectivity index (χ1) is 15.0. The normalized spacial score (nSPS) is 16.7. The fourth-order valence-electron chi connectivity index (χ4n) is 3.41. The van der Waals surface area contributed by atoms with Crippen molar-refractivity contribution in [1.82, 2.24) is 15.5 Å². The van der Waals surface area contributed by atoms with Crippen molar-refractivity contribution in [2.75, 3.05) is 53.0 Å². The zero-order valence-corrected chi connectivity index (χ0v) is 21.2. The Labute approximate surface area is 207 Å². The van der Waals surface area contributed by atoms with Crippen LogP contribution in [0.2, 0.25) is 0 Å².